The second-order valence-electron chi connectivity index (χ2n) is 5.38. The first-order valence-electron chi connectivity index (χ1n) is 6.86. The third-order valence-electron chi connectivity index (χ3n) is 3.84. The molecule has 0 saturated heterocycles. The summed E-state index contributed by atoms with van der Waals surface area (Å²) < 4.78 is 0. The van der Waals surface area contributed by atoms with Crippen LogP contribution in [0.5, 0.6) is 0 Å². The maximum atomic E-state index is 3.67. The van der Waals surface area contributed by atoms with Crippen LogP contribution in [0, 0.1) is 0 Å². The minimum atomic E-state index is 0.452. The van der Waals surface area contributed by atoms with Crippen molar-refractivity contribution in [3.8, 4) is 0 Å². The van der Waals surface area contributed by atoms with Crippen molar-refractivity contribution in [2.75, 3.05) is 24.3 Å². The van der Waals surface area contributed by atoms with Crippen molar-refractivity contribution in [1.29, 1.82) is 0 Å². The summed E-state index contributed by atoms with van der Waals surface area (Å²) in [7, 11) is 4.15. The highest BCUT2D eigenvalue weighted by molar-refractivity contribution is 5.58. The van der Waals surface area contributed by atoms with Crippen molar-refractivity contribution >= 4 is 11.4 Å². The van der Waals surface area contributed by atoms with Crippen molar-refractivity contribution < 1.29 is 0 Å². The molecule has 19 heavy (non-hydrogen) atoms. The summed E-state index contributed by atoms with van der Waals surface area (Å²) in [5, 5.41) is 3.67. The second kappa shape index (κ2) is 4.96. The van der Waals surface area contributed by atoms with Crippen molar-refractivity contribution in [2.45, 2.75) is 18.9 Å². The Morgan fingerprint density at radius 2 is 1.89 bits per heavy atom. The lowest BCUT2D eigenvalue weighted by Gasteiger charge is -2.18. The van der Waals surface area contributed by atoms with E-state index in [0.717, 1.165) is 0 Å². The number of anilines is 2. The molecule has 2 aromatic carbocycles. The van der Waals surface area contributed by atoms with E-state index in [1.807, 2.05) is 0 Å². The highest BCUT2D eigenvalue weighted by Crippen LogP contribution is 2.34. The summed E-state index contributed by atoms with van der Waals surface area (Å²) >= 11 is 0. The molecule has 1 N–H and O–H groups in total. The Bertz CT molecular complexity index is 575. The van der Waals surface area contributed by atoms with E-state index in [2.05, 4.69) is 72.8 Å². The molecule has 0 amide bonds. The zero-order chi connectivity index (χ0) is 13.2. The van der Waals surface area contributed by atoms with Crippen LogP contribution in [0.15, 0.2) is 48.5 Å². The van der Waals surface area contributed by atoms with E-state index < -0.39 is 0 Å². The molecule has 0 saturated carbocycles. The van der Waals surface area contributed by atoms with E-state index in [1.54, 1.807) is 0 Å². The van der Waals surface area contributed by atoms with Gasteiger partial charge in [0.2, 0.25) is 0 Å². The first-order chi connectivity index (χ1) is 9.24. The van der Waals surface area contributed by atoms with Crippen LogP contribution in [0.2, 0.25) is 0 Å². The van der Waals surface area contributed by atoms with Gasteiger partial charge in [-0.25, -0.2) is 0 Å². The van der Waals surface area contributed by atoms with E-state index in [-0.39, 0.29) is 0 Å². The highest BCUT2D eigenvalue weighted by atomic mass is 15.1. The van der Waals surface area contributed by atoms with Crippen molar-refractivity contribution in [3.63, 3.8) is 0 Å². The first kappa shape index (κ1) is 12.1. The van der Waals surface area contributed by atoms with E-state index >= 15 is 0 Å². The molecule has 0 aliphatic heterocycles. The number of fused-ring (bicyclic) bond motifs is 1. The number of aryl methyl sites for hydroxylation is 1. The van der Waals surface area contributed by atoms with Crippen LogP contribution in [0.25, 0.3) is 0 Å². The van der Waals surface area contributed by atoms with Crippen molar-refractivity contribution in [3.05, 3.63) is 59.7 Å². The van der Waals surface area contributed by atoms with Crippen molar-refractivity contribution in [2.24, 2.45) is 0 Å². The van der Waals surface area contributed by atoms with Gasteiger partial charge in [-0.2, -0.15) is 0 Å². The maximum absolute atomic E-state index is 3.67. The fourth-order valence-corrected chi connectivity index (χ4v) is 2.78. The predicted octanol–water partition coefficient (Wildman–Crippen LogP) is 3.85. The van der Waals surface area contributed by atoms with Gasteiger partial charge in [0, 0.05) is 25.5 Å². The quantitative estimate of drug-likeness (QED) is 0.892. The van der Waals surface area contributed by atoms with E-state index in [1.165, 1.54) is 35.3 Å². The Kier molecular flexibility index (Phi) is 3.16. The van der Waals surface area contributed by atoms with Gasteiger partial charge in [-0.3, -0.25) is 0 Å². The monoisotopic (exact) mass is 252 g/mol. The third-order valence-corrected chi connectivity index (χ3v) is 3.84. The average Bonchev–Trinajstić information content (AvgIpc) is 2.83. The molecule has 0 radical (unpaired) electrons. The minimum absolute atomic E-state index is 0.452. The third kappa shape index (κ3) is 2.43. The number of nitrogens with zero attached hydrogens (tertiary/aromatic N) is 1. The van der Waals surface area contributed by atoms with Crippen LogP contribution in [0.4, 0.5) is 11.4 Å². The Morgan fingerprint density at radius 1 is 1.05 bits per heavy atom. The summed E-state index contributed by atoms with van der Waals surface area (Å²) in [4.78, 5) is 2.13. The Morgan fingerprint density at radius 3 is 2.74 bits per heavy atom. The lowest BCUT2D eigenvalue weighted by atomic mass is 10.1. The summed E-state index contributed by atoms with van der Waals surface area (Å²) in [6.07, 6.45) is 2.37. The molecule has 98 valence electrons. The Labute approximate surface area is 115 Å². The van der Waals surface area contributed by atoms with Crippen LogP contribution in [0.3, 0.4) is 0 Å². The standard InChI is InChI=1S/C17H20N2/c1-19(2)15-8-5-7-14(12-15)18-17-11-10-13-6-3-4-9-16(13)17/h3-9,12,17-18H,10-11H2,1-2H3. The lowest BCUT2D eigenvalue weighted by molar-refractivity contribution is 0.762. The molecule has 1 aliphatic carbocycles. The molecule has 0 bridgehead atoms. The summed E-state index contributed by atoms with van der Waals surface area (Å²) in [6, 6.07) is 17.8. The van der Waals surface area contributed by atoms with Gasteiger partial charge in [-0.15, -0.1) is 0 Å². The van der Waals surface area contributed by atoms with Gasteiger partial charge in [-0.1, -0.05) is 30.3 Å². The van der Waals surface area contributed by atoms with Crippen LogP contribution in [-0.2, 0) is 6.42 Å². The number of hydrogen-bond donors (Lipinski definition) is 1. The summed E-state index contributed by atoms with van der Waals surface area (Å²) in [6.45, 7) is 0. The van der Waals surface area contributed by atoms with E-state index in [4.69, 9.17) is 0 Å². The molecule has 1 aliphatic rings. The fourth-order valence-electron chi connectivity index (χ4n) is 2.78. The Balaban J connectivity index is 1.81. The van der Waals surface area contributed by atoms with Crippen LogP contribution < -0.4 is 10.2 Å². The van der Waals surface area contributed by atoms with Crippen LogP contribution in [-0.4, -0.2) is 14.1 Å². The second-order valence-corrected chi connectivity index (χ2v) is 5.38. The number of nitrogens with one attached hydrogen (secondary N) is 1. The highest BCUT2D eigenvalue weighted by Gasteiger charge is 2.21. The molecule has 0 spiro atoms. The number of hydrogen-bond acceptors (Lipinski definition) is 2. The molecular formula is C17H20N2. The van der Waals surface area contributed by atoms with E-state index in [9.17, 15) is 0 Å². The van der Waals surface area contributed by atoms with Gasteiger partial charge < -0.3 is 10.2 Å². The zero-order valence-corrected chi connectivity index (χ0v) is 11.6. The number of rotatable bonds is 3. The molecule has 2 aromatic rings. The average molecular weight is 252 g/mol. The molecule has 0 heterocycles. The van der Waals surface area contributed by atoms with Gasteiger partial charge in [-0.05, 0) is 42.2 Å². The molecule has 0 fully saturated rings. The number of benzene rings is 2. The van der Waals surface area contributed by atoms with Gasteiger partial charge >= 0.3 is 0 Å². The lowest BCUT2D eigenvalue weighted by Crippen LogP contribution is -2.10. The fraction of sp³-hybridized carbons (Fsp3) is 0.294. The topological polar surface area (TPSA) is 15.3 Å². The van der Waals surface area contributed by atoms with Gasteiger partial charge in [0.05, 0.1) is 6.04 Å². The SMILES string of the molecule is CN(C)c1cccc(NC2CCc3ccccc32)c1. The predicted molar refractivity (Wildman–Crippen MR) is 81.9 cm³/mol. The van der Waals surface area contributed by atoms with Crippen LogP contribution in [0.1, 0.15) is 23.6 Å². The molecular weight excluding hydrogens is 232 g/mol. The van der Waals surface area contributed by atoms with Gasteiger partial charge in [0.1, 0.15) is 0 Å². The van der Waals surface area contributed by atoms with Gasteiger partial charge in [0.15, 0.2) is 0 Å². The summed E-state index contributed by atoms with van der Waals surface area (Å²) in [5.74, 6) is 0. The first-order valence-corrected chi connectivity index (χ1v) is 6.86. The molecule has 0 aromatic heterocycles. The largest absolute Gasteiger partial charge is 0.378 e. The van der Waals surface area contributed by atoms with Crippen molar-refractivity contribution in [1.82, 2.24) is 0 Å². The van der Waals surface area contributed by atoms with Crippen LogP contribution >= 0.6 is 0 Å². The molecule has 1 atom stereocenters. The normalized spacial score (nSPS) is 17.1. The smallest absolute Gasteiger partial charge is 0.0519 e. The molecule has 2 nitrogen and oxygen atoms in total. The zero-order valence-electron chi connectivity index (χ0n) is 11.6. The van der Waals surface area contributed by atoms with E-state index in [0.29, 0.717) is 6.04 Å². The maximum Gasteiger partial charge on any atom is 0.0519 e. The van der Waals surface area contributed by atoms with Gasteiger partial charge in [0.25, 0.3) is 0 Å². The minimum Gasteiger partial charge on any atom is -0.378 e. The molecule has 3 rings (SSSR count). The molecule has 2 heteroatoms. The summed E-state index contributed by atoms with van der Waals surface area (Å²) in [5.41, 5.74) is 5.38. The molecule has 1 unspecified atom stereocenters. The Hall–Kier alpha value is -1.96.